The summed E-state index contributed by atoms with van der Waals surface area (Å²) in [6.07, 6.45) is 4.32. The fourth-order valence-corrected chi connectivity index (χ4v) is 4.89. The Morgan fingerprint density at radius 1 is 1.09 bits per heavy atom. The molecule has 7 heteroatoms. The topological polar surface area (TPSA) is 74.3 Å². The second-order valence-corrected chi connectivity index (χ2v) is 9.35. The van der Waals surface area contributed by atoms with Crippen molar-refractivity contribution in [3.8, 4) is 28.1 Å². The first-order valence-electron chi connectivity index (χ1n) is 12.0. The summed E-state index contributed by atoms with van der Waals surface area (Å²) in [4.78, 5) is 21.8. The van der Waals surface area contributed by atoms with Gasteiger partial charge in [0.15, 0.2) is 5.65 Å². The van der Waals surface area contributed by atoms with Crippen LogP contribution < -0.4 is 4.74 Å². The Morgan fingerprint density at radius 3 is 2.66 bits per heavy atom. The Bertz CT molecular complexity index is 1340. The number of piperidine rings is 1. The predicted octanol–water partition coefficient (Wildman–Crippen LogP) is 4.40. The van der Waals surface area contributed by atoms with Gasteiger partial charge in [0.2, 0.25) is 5.91 Å². The van der Waals surface area contributed by atoms with E-state index in [2.05, 4.69) is 52.4 Å². The molecular weight excluding hydrogens is 438 g/mol. The van der Waals surface area contributed by atoms with E-state index in [0.717, 1.165) is 70.7 Å². The first kappa shape index (κ1) is 23.1. The number of pyridine rings is 1. The molecule has 4 aromatic rings. The molecule has 0 spiro atoms. The molecule has 7 nitrogen and oxygen atoms in total. The summed E-state index contributed by atoms with van der Waals surface area (Å²) in [5, 5.41) is 8.47. The molecule has 35 heavy (non-hydrogen) atoms. The third kappa shape index (κ3) is 4.77. The number of amides is 1. The third-order valence-corrected chi connectivity index (χ3v) is 6.94. The molecular formula is C28H31N5O2. The zero-order valence-electron chi connectivity index (χ0n) is 20.5. The van der Waals surface area contributed by atoms with E-state index in [1.54, 1.807) is 7.11 Å². The zero-order valence-corrected chi connectivity index (χ0v) is 20.5. The number of rotatable bonds is 6. The summed E-state index contributed by atoms with van der Waals surface area (Å²) in [6.45, 7) is 1.66. The van der Waals surface area contributed by atoms with Crippen LogP contribution in [0, 0.1) is 0 Å². The lowest BCUT2D eigenvalue weighted by atomic mass is 10.00. The van der Waals surface area contributed by atoms with Crippen LogP contribution in [-0.4, -0.2) is 71.2 Å². The Balaban J connectivity index is 1.38. The Kier molecular flexibility index (Phi) is 6.51. The third-order valence-electron chi connectivity index (χ3n) is 6.94. The fraction of sp³-hybridized carbons (Fsp3) is 0.321. The fourth-order valence-electron chi connectivity index (χ4n) is 4.89. The van der Waals surface area contributed by atoms with Crippen LogP contribution in [0.4, 0.5) is 0 Å². The van der Waals surface area contributed by atoms with Crippen LogP contribution >= 0.6 is 0 Å². The number of para-hydroxylation sites is 1. The number of H-pyrrole nitrogens is 1. The molecule has 1 fully saturated rings. The molecule has 1 aliphatic rings. The van der Waals surface area contributed by atoms with Crippen LogP contribution in [0.1, 0.15) is 18.4 Å². The highest BCUT2D eigenvalue weighted by Gasteiger charge is 2.24. The maximum atomic E-state index is 13.0. The average Bonchev–Trinajstić information content (AvgIpc) is 3.32. The maximum absolute atomic E-state index is 13.0. The van der Waals surface area contributed by atoms with Crippen molar-refractivity contribution in [3.05, 3.63) is 66.4 Å². The van der Waals surface area contributed by atoms with Gasteiger partial charge < -0.3 is 14.5 Å². The van der Waals surface area contributed by atoms with Crippen molar-refractivity contribution < 1.29 is 9.53 Å². The van der Waals surface area contributed by atoms with Gasteiger partial charge in [0.05, 0.1) is 13.5 Å². The molecule has 0 unspecified atom stereocenters. The first-order chi connectivity index (χ1) is 17.0. The van der Waals surface area contributed by atoms with Gasteiger partial charge in [-0.05, 0) is 56.3 Å². The van der Waals surface area contributed by atoms with Crippen LogP contribution in [0.15, 0.2) is 60.8 Å². The molecule has 1 saturated heterocycles. The summed E-state index contributed by atoms with van der Waals surface area (Å²) < 4.78 is 5.54. The number of nitrogens with one attached hydrogen (secondary N) is 1. The molecule has 0 saturated carbocycles. The minimum atomic E-state index is 0.196. The number of hydrogen-bond acceptors (Lipinski definition) is 5. The highest BCUT2D eigenvalue weighted by atomic mass is 16.5. The standard InChI is InChI=1S/C28H31N5O2/c1-32(2)22-11-13-33(14-12-22)26(34)16-19-7-6-8-20(15-19)21-17-24-27(30-31-28(24)29-18-21)23-9-4-5-10-25(23)35-3/h4-10,15,17-18,22H,11-14,16H2,1-3H3,(H,29,30,31). The number of nitrogens with zero attached hydrogens (tertiary/aromatic N) is 4. The minimum Gasteiger partial charge on any atom is -0.496 e. The Morgan fingerprint density at radius 2 is 1.89 bits per heavy atom. The monoisotopic (exact) mass is 469 g/mol. The average molecular weight is 470 g/mol. The number of benzene rings is 2. The van der Waals surface area contributed by atoms with Gasteiger partial charge in [-0.25, -0.2) is 4.98 Å². The molecule has 5 rings (SSSR count). The van der Waals surface area contributed by atoms with Crippen LogP contribution in [0.2, 0.25) is 0 Å². The van der Waals surface area contributed by atoms with Crippen LogP contribution in [-0.2, 0) is 11.2 Å². The van der Waals surface area contributed by atoms with Crippen molar-refractivity contribution in [1.29, 1.82) is 0 Å². The lowest BCUT2D eigenvalue weighted by Gasteiger charge is -2.35. The van der Waals surface area contributed by atoms with Gasteiger partial charge in [0.25, 0.3) is 0 Å². The highest BCUT2D eigenvalue weighted by Crippen LogP contribution is 2.34. The first-order valence-corrected chi connectivity index (χ1v) is 12.0. The van der Waals surface area contributed by atoms with Crippen molar-refractivity contribution in [2.45, 2.75) is 25.3 Å². The van der Waals surface area contributed by atoms with E-state index in [1.165, 1.54) is 0 Å². The van der Waals surface area contributed by atoms with Crippen LogP contribution in [0.5, 0.6) is 5.75 Å². The number of aromatic amines is 1. The number of aromatic nitrogens is 3. The Labute approximate surface area is 205 Å². The molecule has 1 amide bonds. The number of fused-ring (bicyclic) bond motifs is 1. The summed E-state index contributed by atoms with van der Waals surface area (Å²) in [7, 11) is 5.89. The Hall–Kier alpha value is -3.71. The summed E-state index contributed by atoms with van der Waals surface area (Å²) in [6, 6.07) is 18.7. The van der Waals surface area contributed by atoms with E-state index in [4.69, 9.17) is 4.74 Å². The quantitative estimate of drug-likeness (QED) is 0.453. The second kappa shape index (κ2) is 9.88. The van der Waals surface area contributed by atoms with Crippen LogP contribution in [0.3, 0.4) is 0 Å². The van der Waals surface area contributed by atoms with Gasteiger partial charge in [0.1, 0.15) is 11.4 Å². The molecule has 0 bridgehead atoms. The summed E-state index contributed by atoms with van der Waals surface area (Å²) in [5.41, 5.74) is 5.47. The maximum Gasteiger partial charge on any atom is 0.226 e. The molecule has 2 aromatic carbocycles. The van der Waals surface area contributed by atoms with Gasteiger partial charge in [-0.2, -0.15) is 5.10 Å². The number of methoxy groups -OCH3 is 1. The summed E-state index contributed by atoms with van der Waals surface area (Å²) >= 11 is 0. The van der Waals surface area contributed by atoms with E-state index in [0.29, 0.717) is 12.5 Å². The van der Waals surface area contributed by atoms with E-state index >= 15 is 0 Å². The van der Waals surface area contributed by atoms with Gasteiger partial charge >= 0.3 is 0 Å². The van der Waals surface area contributed by atoms with Crippen molar-refractivity contribution in [3.63, 3.8) is 0 Å². The number of carbonyl (C=O) groups is 1. The predicted molar refractivity (Wildman–Crippen MR) is 138 cm³/mol. The SMILES string of the molecule is COc1ccccc1-c1n[nH]c2ncc(-c3cccc(CC(=O)N4CCC(N(C)C)CC4)c3)cc12. The minimum absolute atomic E-state index is 0.196. The van der Waals surface area contributed by atoms with E-state index in [1.807, 2.05) is 47.5 Å². The van der Waals surface area contributed by atoms with E-state index in [9.17, 15) is 4.79 Å². The van der Waals surface area contributed by atoms with Crippen molar-refractivity contribution in [2.75, 3.05) is 34.3 Å². The van der Waals surface area contributed by atoms with Gasteiger partial charge in [0, 0.05) is 41.8 Å². The lowest BCUT2D eigenvalue weighted by molar-refractivity contribution is -0.131. The number of likely N-dealkylation sites (tertiary alicyclic amines) is 1. The molecule has 2 aromatic heterocycles. The molecule has 1 aliphatic heterocycles. The number of hydrogen-bond donors (Lipinski definition) is 1. The van der Waals surface area contributed by atoms with Crippen molar-refractivity contribution in [1.82, 2.24) is 25.0 Å². The van der Waals surface area contributed by atoms with Gasteiger partial charge in [-0.3, -0.25) is 9.89 Å². The molecule has 3 heterocycles. The van der Waals surface area contributed by atoms with E-state index in [-0.39, 0.29) is 5.91 Å². The normalized spacial score (nSPS) is 14.6. The number of carbonyl (C=O) groups excluding carboxylic acids is 1. The largest absolute Gasteiger partial charge is 0.496 e. The van der Waals surface area contributed by atoms with Crippen LogP contribution in [0.25, 0.3) is 33.4 Å². The van der Waals surface area contributed by atoms with Gasteiger partial charge in [-0.1, -0.05) is 36.4 Å². The number of ether oxygens (including phenoxy) is 1. The lowest BCUT2D eigenvalue weighted by Crippen LogP contribution is -2.44. The molecule has 0 atom stereocenters. The van der Waals surface area contributed by atoms with E-state index < -0.39 is 0 Å². The molecule has 0 aliphatic carbocycles. The molecule has 180 valence electrons. The highest BCUT2D eigenvalue weighted by molar-refractivity contribution is 5.94. The summed E-state index contributed by atoms with van der Waals surface area (Å²) in [5.74, 6) is 0.961. The van der Waals surface area contributed by atoms with Gasteiger partial charge in [-0.15, -0.1) is 0 Å². The molecule has 0 radical (unpaired) electrons. The zero-order chi connectivity index (χ0) is 24.4. The smallest absolute Gasteiger partial charge is 0.226 e. The second-order valence-electron chi connectivity index (χ2n) is 9.35. The van der Waals surface area contributed by atoms with Crippen molar-refractivity contribution in [2.24, 2.45) is 0 Å². The van der Waals surface area contributed by atoms with Crippen molar-refractivity contribution >= 4 is 16.9 Å². The molecule has 1 N–H and O–H groups in total.